The number of halogens is 1. The van der Waals surface area contributed by atoms with Gasteiger partial charge < -0.3 is 5.73 Å². The van der Waals surface area contributed by atoms with Crippen LogP contribution in [0.3, 0.4) is 0 Å². The molecular weight excluding hydrogens is 226 g/mol. The van der Waals surface area contributed by atoms with Crippen molar-refractivity contribution in [2.24, 2.45) is 0 Å². The van der Waals surface area contributed by atoms with E-state index in [0.717, 1.165) is 25.1 Å². The van der Waals surface area contributed by atoms with Crippen molar-refractivity contribution < 1.29 is 0 Å². The van der Waals surface area contributed by atoms with Crippen LogP contribution in [0.4, 0.5) is 5.82 Å². The van der Waals surface area contributed by atoms with Gasteiger partial charge in [-0.2, -0.15) is 14.9 Å². The molecule has 1 aliphatic heterocycles. The van der Waals surface area contributed by atoms with E-state index in [0.29, 0.717) is 16.7 Å². The number of rotatable bonds is 1. The lowest BCUT2D eigenvalue weighted by Crippen LogP contribution is -2.11. The predicted octanol–water partition coefficient (Wildman–Crippen LogP) is 1.64. The van der Waals surface area contributed by atoms with Crippen molar-refractivity contribution in [3.8, 4) is 5.82 Å². The fourth-order valence-electron chi connectivity index (χ4n) is 2.06. The largest absolute Gasteiger partial charge is 0.384 e. The van der Waals surface area contributed by atoms with E-state index < -0.39 is 0 Å². The molecule has 3 heterocycles. The monoisotopic (exact) mass is 237 g/mol. The molecule has 0 unspecified atom stereocenters. The number of nitrogens with zero attached hydrogens (tertiary/aromatic N) is 4. The molecule has 0 aromatic carbocycles. The van der Waals surface area contributed by atoms with Gasteiger partial charge in [-0.3, -0.25) is 4.68 Å². The van der Waals surface area contributed by atoms with E-state index in [4.69, 9.17) is 17.3 Å². The average Bonchev–Trinajstić information content (AvgIpc) is 2.84. The lowest BCUT2D eigenvalue weighted by atomic mass is 10.1. The highest BCUT2D eigenvalue weighted by Crippen LogP contribution is 2.29. The zero-order valence-electron chi connectivity index (χ0n) is 8.73. The number of hydrogen-bond donors (Lipinski definition) is 1. The second-order valence-corrected chi connectivity index (χ2v) is 4.31. The number of aromatic nitrogens is 4. The van der Waals surface area contributed by atoms with E-state index in [9.17, 15) is 0 Å². The Bertz CT molecular complexity index is 527. The fourth-order valence-corrected chi connectivity index (χ4v) is 2.37. The second kappa shape index (κ2) is 3.52. The Labute approximate surface area is 97.8 Å². The summed E-state index contributed by atoms with van der Waals surface area (Å²) in [6.07, 6.45) is 4.94. The number of anilines is 1. The van der Waals surface area contributed by atoms with Crippen LogP contribution in [0.2, 0.25) is 5.02 Å². The van der Waals surface area contributed by atoms with Gasteiger partial charge in [0.1, 0.15) is 10.8 Å². The molecule has 5 nitrogen and oxygen atoms in total. The molecule has 0 fully saturated rings. The summed E-state index contributed by atoms with van der Waals surface area (Å²) in [5.74, 6) is 1.19. The molecule has 0 amide bonds. The van der Waals surface area contributed by atoms with Crippen LogP contribution in [-0.4, -0.2) is 19.6 Å². The maximum atomic E-state index is 6.31. The van der Waals surface area contributed by atoms with Gasteiger partial charge in [0.25, 0.3) is 0 Å². The summed E-state index contributed by atoms with van der Waals surface area (Å²) in [6, 6.07) is 1.73. The molecule has 0 spiro atoms. The smallest absolute Gasteiger partial charge is 0.196 e. The van der Waals surface area contributed by atoms with Crippen molar-refractivity contribution in [1.29, 1.82) is 0 Å². The molecule has 1 aliphatic rings. The normalized spacial score (nSPS) is 15.1. The van der Waals surface area contributed by atoms with Crippen molar-refractivity contribution in [3.05, 3.63) is 23.0 Å². The highest BCUT2D eigenvalue weighted by Gasteiger charge is 2.21. The third kappa shape index (κ3) is 1.31. The van der Waals surface area contributed by atoms with Gasteiger partial charge in [-0.1, -0.05) is 11.6 Å². The summed E-state index contributed by atoms with van der Waals surface area (Å²) in [5, 5.41) is 9.26. The van der Waals surface area contributed by atoms with E-state index in [-0.39, 0.29) is 0 Å². The summed E-state index contributed by atoms with van der Waals surface area (Å²) in [7, 11) is 0. The van der Waals surface area contributed by atoms with Crippen molar-refractivity contribution in [2.75, 3.05) is 5.73 Å². The van der Waals surface area contributed by atoms with E-state index in [1.807, 2.05) is 4.68 Å². The molecule has 2 N–H and O–H groups in total. The molecule has 0 bridgehead atoms. The van der Waals surface area contributed by atoms with Gasteiger partial charge in [0, 0.05) is 12.6 Å². The first-order valence-corrected chi connectivity index (χ1v) is 5.70. The standard InChI is InChI=1S/C10H12ClN5/c11-9-7-3-1-2-6-15(7)14-10(9)16-8(12)4-5-13-16/h4-5H,1-3,6,12H2. The molecule has 16 heavy (non-hydrogen) atoms. The van der Waals surface area contributed by atoms with Crippen LogP contribution in [0, 0.1) is 0 Å². The minimum Gasteiger partial charge on any atom is -0.384 e. The minimum absolute atomic E-state index is 0.553. The zero-order valence-corrected chi connectivity index (χ0v) is 9.48. The van der Waals surface area contributed by atoms with Crippen molar-refractivity contribution in [3.63, 3.8) is 0 Å². The van der Waals surface area contributed by atoms with Gasteiger partial charge in [0.15, 0.2) is 5.82 Å². The molecule has 6 heteroatoms. The Morgan fingerprint density at radius 3 is 2.94 bits per heavy atom. The van der Waals surface area contributed by atoms with Gasteiger partial charge in [-0.05, 0) is 19.3 Å². The molecule has 84 valence electrons. The number of fused-ring (bicyclic) bond motifs is 1. The van der Waals surface area contributed by atoms with E-state index in [1.54, 1.807) is 16.9 Å². The van der Waals surface area contributed by atoms with Crippen LogP contribution in [0.15, 0.2) is 12.3 Å². The molecule has 2 aromatic rings. The molecule has 2 aromatic heterocycles. The molecule has 0 aliphatic carbocycles. The topological polar surface area (TPSA) is 61.7 Å². The summed E-state index contributed by atoms with van der Waals surface area (Å²) in [5.41, 5.74) is 6.89. The van der Waals surface area contributed by atoms with Crippen molar-refractivity contribution in [2.45, 2.75) is 25.8 Å². The molecular formula is C10H12ClN5. The van der Waals surface area contributed by atoms with Crippen molar-refractivity contribution in [1.82, 2.24) is 19.6 Å². The summed E-state index contributed by atoms with van der Waals surface area (Å²) < 4.78 is 3.54. The number of hydrogen-bond acceptors (Lipinski definition) is 3. The first-order chi connectivity index (χ1) is 7.77. The van der Waals surface area contributed by atoms with Crippen LogP contribution >= 0.6 is 11.6 Å². The number of nitrogens with two attached hydrogens (primary N) is 1. The van der Waals surface area contributed by atoms with E-state index in [2.05, 4.69) is 10.2 Å². The lowest BCUT2D eigenvalue weighted by Gasteiger charge is -2.12. The maximum Gasteiger partial charge on any atom is 0.196 e. The van der Waals surface area contributed by atoms with Gasteiger partial charge >= 0.3 is 0 Å². The molecule has 3 rings (SSSR count). The minimum atomic E-state index is 0.553. The van der Waals surface area contributed by atoms with Crippen LogP contribution in [-0.2, 0) is 13.0 Å². The zero-order chi connectivity index (χ0) is 11.1. The van der Waals surface area contributed by atoms with E-state index >= 15 is 0 Å². The Kier molecular flexibility index (Phi) is 2.14. The van der Waals surface area contributed by atoms with Crippen LogP contribution < -0.4 is 5.73 Å². The first-order valence-electron chi connectivity index (χ1n) is 5.32. The number of aryl methyl sites for hydroxylation is 1. The highest BCUT2D eigenvalue weighted by molar-refractivity contribution is 6.32. The highest BCUT2D eigenvalue weighted by atomic mass is 35.5. The molecule has 0 saturated heterocycles. The van der Waals surface area contributed by atoms with Crippen LogP contribution in [0.5, 0.6) is 0 Å². The Morgan fingerprint density at radius 1 is 1.38 bits per heavy atom. The maximum absolute atomic E-state index is 6.31. The quantitative estimate of drug-likeness (QED) is 0.820. The van der Waals surface area contributed by atoms with Gasteiger partial charge in [-0.25, -0.2) is 0 Å². The van der Waals surface area contributed by atoms with Crippen molar-refractivity contribution >= 4 is 17.4 Å². The number of nitrogen functional groups attached to an aromatic ring is 1. The molecule has 0 radical (unpaired) electrons. The Morgan fingerprint density at radius 2 is 2.25 bits per heavy atom. The van der Waals surface area contributed by atoms with Gasteiger partial charge in [-0.15, -0.1) is 0 Å². The van der Waals surface area contributed by atoms with E-state index in [1.165, 1.54) is 6.42 Å². The Hall–Kier alpha value is -1.49. The van der Waals surface area contributed by atoms with Gasteiger partial charge in [0.05, 0.1) is 11.9 Å². The average molecular weight is 238 g/mol. The summed E-state index contributed by atoms with van der Waals surface area (Å²) in [4.78, 5) is 0. The third-order valence-corrected chi connectivity index (χ3v) is 3.27. The fraction of sp³-hybridized carbons (Fsp3) is 0.400. The predicted molar refractivity (Wildman–Crippen MR) is 61.7 cm³/mol. The summed E-state index contributed by atoms with van der Waals surface area (Å²) in [6.45, 7) is 0.927. The van der Waals surface area contributed by atoms with Crippen LogP contribution in [0.1, 0.15) is 18.5 Å². The second-order valence-electron chi connectivity index (χ2n) is 3.93. The first kappa shape index (κ1) is 9.72. The molecule has 0 atom stereocenters. The Balaban J connectivity index is 2.15. The molecule has 0 saturated carbocycles. The third-order valence-electron chi connectivity index (χ3n) is 2.88. The van der Waals surface area contributed by atoms with Crippen LogP contribution in [0.25, 0.3) is 5.82 Å². The lowest BCUT2D eigenvalue weighted by molar-refractivity contribution is 0.484. The SMILES string of the molecule is Nc1ccnn1-c1nn2c(c1Cl)CCCC2. The van der Waals surface area contributed by atoms with Gasteiger partial charge in [0.2, 0.25) is 0 Å². The summed E-state index contributed by atoms with van der Waals surface area (Å²) >= 11 is 6.31.